The Morgan fingerprint density at radius 3 is 1.61 bits per heavy atom. The molecule has 10 heteroatoms. The minimum Gasteiger partial charge on any atom is -0.308 e. The quantitative estimate of drug-likeness (QED) is 0.130. The van der Waals surface area contributed by atoms with E-state index in [0.29, 0.717) is 39.7 Å². The number of amides is 2. The maximum absolute atomic E-state index is 14.9. The summed E-state index contributed by atoms with van der Waals surface area (Å²) in [6.07, 6.45) is -10.1. The third kappa shape index (κ3) is 5.56. The highest BCUT2D eigenvalue weighted by molar-refractivity contribution is 6.37. The molecule has 2 heterocycles. The van der Waals surface area contributed by atoms with Crippen LogP contribution in [0.2, 0.25) is 0 Å². The number of nitrogens with zero attached hydrogens (tertiary/aromatic N) is 2. The van der Waals surface area contributed by atoms with Gasteiger partial charge in [-0.25, -0.2) is 4.90 Å². The zero-order valence-electron chi connectivity index (χ0n) is 29.0. The monoisotopic (exact) mass is 752 g/mol. The number of carbonyl (C=O) groups is 2. The summed E-state index contributed by atoms with van der Waals surface area (Å²) < 4.78 is 86.2. The minimum atomic E-state index is -5.07. The smallest absolute Gasteiger partial charge is 0.308 e. The molecule has 0 bridgehead atoms. The van der Waals surface area contributed by atoms with Crippen LogP contribution in [0, 0.1) is 0 Å². The van der Waals surface area contributed by atoms with Crippen molar-refractivity contribution >= 4 is 39.3 Å². The zero-order valence-corrected chi connectivity index (χ0v) is 29.0. The van der Waals surface area contributed by atoms with Crippen molar-refractivity contribution in [2.45, 2.75) is 12.4 Å². The van der Waals surface area contributed by atoms with Gasteiger partial charge >= 0.3 is 12.4 Å². The van der Waals surface area contributed by atoms with Crippen molar-refractivity contribution < 1.29 is 35.9 Å². The van der Waals surface area contributed by atoms with Gasteiger partial charge in [-0.3, -0.25) is 9.59 Å². The molecule has 0 radical (unpaired) electrons. The van der Waals surface area contributed by atoms with Crippen LogP contribution >= 0.6 is 0 Å². The second kappa shape index (κ2) is 12.8. The van der Waals surface area contributed by atoms with Gasteiger partial charge in [0.2, 0.25) is 0 Å². The predicted octanol–water partition coefficient (Wildman–Crippen LogP) is 12.6. The number of benzene rings is 7. The fourth-order valence-electron chi connectivity index (χ4n) is 7.78. The number of carbonyl (C=O) groups excluding carboxylic acids is 2. The number of imide groups is 1. The van der Waals surface area contributed by atoms with Crippen LogP contribution in [0.15, 0.2) is 158 Å². The molecule has 9 rings (SSSR count). The number of aromatic nitrogens is 1. The first kappa shape index (κ1) is 34.8. The molecule has 0 fully saturated rings. The molecule has 0 atom stereocenters. The van der Waals surface area contributed by atoms with Gasteiger partial charge in [0, 0.05) is 21.9 Å². The van der Waals surface area contributed by atoms with Crippen molar-refractivity contribution in [2.75, 3.05) is 4.90 Å². The second-order valence-electron chi connectivity index (χ2n) is 13.4. The first-order valence-corrected chi connectivity index (χ1v) is 17.5. The lowest BCUT2D eigenvalue weighted by molar-refractivity contribution is -0.143. The summed E-state index contributed by atoms with van der Waals surface area (Å²) in [6.45, 7) is 0. The molecule has 8 aromatic rings. The Bertz CT molecular complexity index is 2850. The van der Waals surface area contributed by atoms with E-state index in [1.807, 2.05) is 66.7 Å². The Morgan fingerprint density at radius 1 is 0.411 bits per heavy atom. The number of rotatable bonds is 5. The highest BCUT2D eigenvalue weighted by Gasteiger charge is 2.41. The van der Waals surface area contributed by atoms with Gasteiger partial charge in [0.1, 0.15) is 0 Å². The van der Waals surface area contributed by atoms with Gasteiger partial charge in [0.25, 0.3) is 11.8 Å². The molecule has 0 unspecified atom stereocenters. The molecule has 2 amide bonds. The largest absolute Gasteiger partial charge is 0.416 e. The summed E-state index contributed by atoms with van der Waals surface area (Å²) >= 11 is 0. The second-order valence-corrected chi connectivity index (χ2v) is 13.4. The van der Waals surface area contributed by atoms with Crippen molar-refractivity contribution in [3.8, 4) is 39.1 Å². The van der Waals surface area contributed by atoms with Crippen molar-refractivity contribution in [1.29, 1.82) is 0 Å². The molecule has 1 aliphatic rings. The van der Waals surface area contributed by atoms with Gasteiger partial charge in [-0.05, 0) is 64.7 Å². The summed E-state index contributed by atoms with van der Waals surface area (Å²) in [6, 6.07) is 42.4. The van der Waals surface area contributed by atoms with Crippen molar-refractivity contribution in [1.82, 2.24) is 4.57 Å². The summed E-state index contributed by atoms with van der Waals surface area (Å²) in [5.41, 5.74) is 1.45. The van der Waals surface area contributed by atoms with Crippen LogP contribution in [0.25, 0.3) is 60.9 Å². The number of halogens is 6. The summed E-state index contributed by atoms with van der Waals surface area (Å²) in [7, 11) is 0. The Kier molecular flexibility index (Phi) is 7.98. The van der Waals surface area contributed by atoms with Crippen molar-refractivity contribution in [3.05, 3.63) is 180 Å². The van der Waals surface area contributed by atoms with E-state index in [-0.39, 0.29) is 39.5 Å². The Morgan fingerprint density at radius 2 is 0.946 bits per heavy atom. The molecule has 1 aromatic heterocycles. The van der Waals surface area contributed by atoms with E-state index in [9.17, 15) is 35.9 Å². The molecule has 56 heavy (non-hydrogen) atoms. The van der Waals surface area contributed by atoms with Gasteiger partial charge in [-0.1, -0.05) is 115 Å². The number of alkyl halides is 6. The highest BCUT2D eigenvalue weighted by atomic mass is 19.4. The molecule has 4 nitrogen and oxygen atoms in total. The van der Waals surface area contributed by atoms with Crippen LogP contribution in [0.1, 0.15) is 31.8 Å². The minimum absolute atomic E-state index is 0.0408. The Balaban J connectivity index is 1.30. The summed E-state index contributed by atoms with van der Waals surface area (Å²) in [5, 5.41) is 1.16. The van der Waals surface area contributed by atoms with Gasteiger partial charge in [0.15, 0.2) is 0 Å². The van der Waals surface area contributed by atoms with Crippen LogP contribution in [0.3, 0.4) is 0 Å². The molecular formula is C46H26F6N2O2. The van der Waals surface area contributed by atoms with Crippen molar-refractivity contribution in [2.24, 2.45) is 0 Å². The highest BCUT2D eigenvalue weighted by Crippen LogP contribution is 2.46. The molecular weight excluding hydrogens is 727 g/mol. The molecule has 0 saturated heterocycles. The number of fused-ring (bicyclic) bond motifs is 4. The standard InChI is InChI=1S/C46H26F6N2O2/c47-45(48,49)30-24-29(25-31(26-30)46(50,51)52)33-18-9-19-35-34-16-7-8-21-37(34)53(42(33)35)39-23-11-20-36-41(39)44(56)54(43(36)55)38-22-10-17-32(27-12-3-1-4-13-27)40(38)28-14-5-2-6-15-28/h1-26H. The Hall–Kier alpha value is -6.94. The van der Waals surface area contributed by atoms with Gasteiger partial charge in [-0.2, -0.15) is 26.3 Å². The van der Waals surface area contributed by atoms with E-state index in [2.05, 4.69) is 0 Å². The van der Waals surface area contributed by atoms with E-state index in [0.717, 1.165) is 21.6 Å². The number of para-hydroxylation sites is 2. The van der Waals surface area contributed by atoms with Crippen LogP contribution < -0.4 is 4.90 Å². The average molecular weight is 753 g/mol. The molecule has 0 N–H and O–H groups in total. The lowest BCUT2D eigenvalue weighted by atomic mass is 9.92. The predicted molar refractivity (Wildman–Crippen MR) is 205 cm³/mol. The van der Waals surface area contributed by atoms with Crippen LogP contribution in [-0.2, 0) is 12.4 Å². The fourth-order valence-corrected chi connectivity index (χ4v) is 7.78. The molecule has 0 aliphatic carbocycles. The number of hydrogen-bond donors (Lipinski definition) is 0. The topological polar surface area (TPSA) is 42.3 Å². The molecule has 1 aliphatic heterocycles. The molecule has 0 spiro atoms. The maximum atomic E-state index is 14.9. The summed E-state index contributed by atoms with van der Waals surface area (Å²) in [4.78, 5) is 30.6. The first-order valence-electron chi connectivity index (χ1n) is 17.5. The van der Waals surface area contributed by atoms with E-state index in [4.69, 9.17) is 0 Å². The zero-order chi connectivity index (χ0) is 38.9. The van der Waals surface area contributed by atoms with E-state index in [1.165, 1.54) is 6.07 Å². The maximum Gasteiger partial charge on any atom is 0.416 e. The molecule has 274 valence electrons. The van der Waals surface area contributed by atoms with Crippen LogP contribution in [0.5, 0.6) is 0 Å². The van der Waals surface area contributed by atoms with Gasteiger partial charge < -0.3 is 4.57 Å². The third-order valence-corrected chi connectivity index (χ3v) is 10.2. The Labute approximate surface area is 315 Å². The van der Waals surface area contributed by atoms with Crippen LogP contribution in [-0.4, -0.2) is 16.4 Å². The molecule has 7 aromatic carbocycles. The summed E-state index contributed by atoms with van der Waals surface area (Å²) in [5.74, 6) is -1.22. The van der Waals surface area contributed by atoms with Crippen molar-refractivity contribution in [3.63, 3.8) is 0 Å². The van der Waals surface area contributed by atoms with E-state index < -0.39 is 35.3 Å². The first-order chi connectivity index (χ1) is 26.9. The van der Waals surface area contributed by atoms with Gasteiger partial charge in [-0.15, -0.1) is 0 Å². The normalized spacial score (nSPS) is 13.2. The van der Waals surface area contributed by atoms with Gasteiger partial charge in [0.05, 0.1) is 44.7 Å². The molecule has 0 saturated carbocycles. The number of hydrogen-bond acceptors (Lipinski definition) is 2. The lowest BCUT2D eigenvalue weighted by Crippen LogP contribution is -2.30. The van der Waals surface area contributed by atoms with Crippen LogP contribution in [0.4, 0.5) is 32.0 Å². The fraction of sp³-hybridized carbons (Fsp3) is 0.0435. The average Bonchev–Trinajstić information content (AvgIpc) is 3.68. The van der Waals surface area contributed by atoms with E-state index in [1.54, 1.807) is 71.3 Å². The van der Waals surface area contributed by atoms with E-state index >= 15 is 0 Å². The lowest BCUT2D eigenvalue weighted by Gasteiger charge is -2.22. The third-order valence-electron chi connectivity index (χ3n) is 10.2. The number of anilines is 1. The SMILES string of the molecule is O=C1c2cccc(-n3c4ccccc4c4cccc(-c5cc(C(F)(F)F)cc(C(F)(F)F)c5)c43)c2C(=O)N1c1cccc(-c2ccccc2)c1-c1ccccc1.